The molecule has 0 aromatic heterocycles. The third kappa shape index (κ3) is 3.06. The summed E-state index contributed by atoms with van der Waals surface area (Å²) in [5, 5.41) is 3.51. The van der Waals surface area contributed by atoms with E-state index in [1.54, 1.807) is 37.3 Å². The number of azide groups is 1. The summed E-state index contributed by atoms with van der Waals surface area (Å²) in [6.45, 7) is 1.55. The second-order valence-corrected chi connectivity index (χ2v) is 8.57. The van der Waals surface area contributed by atoms with Gasteiger partial charge in [-0.25, -0.2) is 18.1 Å². The van der Waals surface area contributed by atoms with Gasteiger partial charge in [0, 0.05) is 10.3 Å². The van der Waals surface area contributed by atoms with Crippen molar-refractivity contribution in [1.29, 1.82) is 0 Å². The highest BCUT2D eigenvalue weighted by Crippen LogP contribution is 2.40. The quantitative estimate of drug-likeness (QED) is 0.457. The zero-order valence-corrected chi connectivity index (χ0v) is 14.2. The molecular formula is C15H16N4O5S. The highest BCUT2D eigenvalue weighted by atomic mass is 32.2. The van der Waals surface area contributed by atoms with E-state index in [1.165, 1.54) is 0 Å². The zero-order chi connectivity index (χ0) is 18.2. The Morgan fingerprint density at radius 1 is 1.40 bits per heavy atom. The standard InChI is InChI=1S/C15H16N4O5S/c1-15(8-25(22,23)9-15)12(17-18-16)13(20)19-11(7-24-14(19)21)10-5-3-2-4-6-10/h2-6,11-12H,7-9H2,1H3/t11-,12-/m1/s1. The van der Waals surface area contributed by atoms with Gasteiger partial charge in [-0.15, -0.1) is 0 Å². The molecule has 2 aliphatic heterocycles. The molecule has 1 aromatic carbocycles. The van der Waals surface area contributed by atoms with E-state index >= 15 is 0 Å². The van der Waals surface area contributed by atoms with Crippen molar-refractivity contribution < 1.29 is 22.7 Å². The van der Waals surface area contributed by atoms with Gasteiger partial charge in [0.15, 0.2) is 9.84 Å². The van der Waals surface area contributed by atoms with Crippen LogP contribution in [0.2, 0.25) is 0 Å². The molecule has 0 saturated carbocycles. The lowest BCUT2D eigenvalue weighted by Gasteiger charge is -2.42. The fourth-order valence-electron chi connectivity index (χ4n) is 3.38. The molecule has 1 aromatic rings. The number of cyclic esters (lactones) is 1. The van der Waals surface area contributed by atoms with Gasteiger partial charge in [-0.2, -0.15) is 0 Å². The molecule has 3 rings (SSSR count). The average Bonchev–Trinajstić information content (AvgIpc) is 2.92. The first kappa shape index (κ1) is 17.2. The number of sulfone groups is 1. The van der Waals surface area contributed by atoms with Crippen LogP contribution < -0.4 is 0 Å². The normalized spacial score (nSPS) is 24.6. The summed E-state index contributed by atoms with van der Waals surface area (Å²) in [4.78, 5) is 28.6. The van der Waals surface area contributed by atoms with Crippen molar-refractivity contribution in [3.8, 4) is 0 Å². The van der Waals surface area contributed by atoms with Crippen molar-refractivity contribution in [1.82, 2.24) is 4.90 Å². The van der Waals surface area contributed by atoms with Crippen molar-refractivity contribution in [2.75, 3.05) is 18.1 Å². The van der Waals surface area contributed by atoms with Gasteiger partial charge in [-0.05, 0) is 11.1 Å². The summed E-state index contributed by atoms with van der Waals surface area (Å²) < 4.78 is 28.1. The number of imide groups is 1. The van der Waals surface area contributed by atoms with Crippen LogP contribution in [0.25, 0.3) is 10.4 Å². The Labute approximate surface area is 144 Å². The van der Waals surface area contributed by atoms with Crippen LogP contribution in [-0.2, 0) is 19.4 Å². The van der Waals surface area contributed by atoms with E-state index in [0.717, 1.165) is 4.90 Å². The second kappa shape index (κ2) is 6.05. The molecule has 10 heteroatoms. The smallest absolute Gasteiger partial charge is 0.417 e. The monoisotopic (exact) mass is 364 g/mol. The first-order valence-corrected chi connectivity index (χ1v) is 9.39. The lowest BCUT2D eigenvalue weighted by atomic mass is 9.84. The molecule has 2 saturated heterocycles. The van der Waals surface area contributed by atoms with Gasteiger partial charge < -0.3 is 4.74 Å². The molecule has 9 nitrogen and oxygen atoms in total. The number of nitrogens with zero attached hydrogens (tertiary/aromatic N) is 4. The minimum absolute atomic E-state index is 0.00735. The van der Waals surface area contributed by atoms with Crippen molar-refractivity contribution in [3.05, 3.63) is 46.3 Å². The molecule has 0 N–H and O–H groups in total. The molecule has 2 fully saturated rings. The maximum absolute atomic E-state index is 12.9. The summed E-state index contributed by atoms with van der Waals surface area (Å²) in [7, 11) is -3.26. The summed E-state index contributed by atoms with van der Waals surface area (Å²) >= 11 is 0. The van der Waals surface area contributed by atoms with Crippen LogP contribution in [0.5, 0.6) is 0 Å². The van der Waals surface area contributed by atoms with E-state index in [1.807, 2.05) is 0 Å². The van der Waals surface area contributed by atoms with E-state index in [2.05, 4.69) is 10.0 Å². The molecule has 0 unspecified atom stereocenters. The molecule has 2 amide bonds. The Hall–Kier alpha value is -2.58. The minimum atomic E-state index is -3.26. The molecule has 0 spiro atoms. The minimum Gasteiger partial charge on any atom is -0.446 e. The van der Waals surface area contributed by atoms with E-state index in [9.17, 15) is 18.0 Å². The van der Waals surface area contributed by atoms with Gasteiger partial charge in [-0.3, -0.25) is 4.79 Å². The number of ether oxygens (including phenoxy) is 1. The third-order valence-corrected chi connectivity index (χ3v) is 6.65. The number of hydrogen-bond donors (Lipinski definition) is 0. The molecule has 2 atom stereocenters. The van der Waals surface area contributed by atoms with Crippen LogP contribution >= 0.6 is 0 Å². The summed E-state index contributed by atoms with van der Waals surface area (Å²) in [6, 6.07) is 6.92. The van der Waals surface area contributed by atoms with Gasteiger partial charge in [-0.1, -0.05) is 42.4 Å². The lowest BCUT2D eigenvalue weighted by molar-refractivity contribution is -0.133. The summed E-state index contributed by atoms with van der Waals surface area (Å²) in [5.41, 5.74) is 8.48. The number of carbonyl (C=O) groups is 2. The lowest BCUT2D eigenvalue weighted by Crippen LogP contribution is -2.58. The van der Waals surface area contributed by atoms with Crippen LogP contribution in [0, 0.1) is 5.41 Å². The number of rotatable bonds is 4. The van der Waals surface area contributed by atoms with Crippen molar-refractivity contribution in [2.45, 2.75) is 19.0 Å². The molecule has 0 bridgehead atoms. The van der Waals surface area contributed by atoms with Crippen LogP contribution in [-0.4, -0.2) is 49.5 Å². The van der Waals surface area contributed by atoms with Gasteiger partial charge in [0.1, 0.15) is 18.7 Å². The third-order valence-electron chi connectivity index (χ3n) is 4.46. The van der Waals surface area contributed by atoms with E-state index in [-0.39, 0.29) is 18.1 Å². The highest BCUT2D eigenvalue weighted by molar-refractivity contribution is 7.92. The summed E-state index contributed by atoms with van der Waals surface area (Å²) in [6.07, 6.45) is -0.831. The number of carbonyl (C=O) groups excluding carboxylic acids is 2. The molecule has 2 heterocycles. The number of hydrogen-bond acceptors (Lipinski definition) is 6. The summed E-state index contributed by atoms with van der Waals surface area (Å²) in [5.74, 6) is -1.28. The van der Waals surface area contributed by atoms with Crippen molar-refractivity contribution in [2.24, 2.45) is 10.5 Å². The molecule has 0 radical (unpaired) electrons. The SMILES string of the molecule is CC1([C@H](N=[N+]=[N-])C(=O)N2C(=O)OC[C@@H]2c2ccccc2)CS(=O)(=O)C1. The Kier molecular flexibility index (Phi) is 4.18. The maximum atomic E-state index is 12.9. The molecule has 2 aliphatic rings. The molecule has 25 heavy (non-hydrogen) atoms. The van der Waals surface area contributed by atoms with E-state index < -0.39 is 39.3 Å². The van der Waals surface area contributed by atoms with E-state index in [4.69, 9.17) is 10.3 Å². The highest BCUT2D eigenvalue weighted by Gasteiger charge is 2.55. The average molecular weight is 364 g/mol. The van der Waals surface area contributed by atoms with Gasteiger partial charge in [0.25, 0.3) is 0 Å². The van der Waals surface area contributed by atoms with Gasteiger partial charge >= 0.3 is 6.09 Å². The fraction of sp³-hybridized carbons (Fsp3) is 0.467. The predicted octanol–water partition coefficient (Wildman–Crippen LogP) is 1.82. The zero-order valence-electron chi connectivity index (χ0n) is 13.4. The predicted molar refractivity (Wildman–Crippen MR) is 87.1 cm³/mol. The van der Waals surface area contributed by atoms with Gasteiger partial charge in [0.2, 0.25) is 5.91 Å². The molecule has 0 aliphatic carbocycles. The van der Waals surface area contributed by atoms with Crippen molar-refractivity contribution >= 4 is 21.8 Å². The van der Waals surface area contributed by atoms with Crippen LogP contribution in [0.4, 0.5) is 4.79 Å². The Morgan fingerprint density at radius 2 is 2.04 bits per heavy atom. The van der Waals surface area contributed by atoms with Crippen molar-refractivity contribution in [3.63, 3.8) is 0 Å². The number of benzene rings is 1. The second-order valence-electron chi connectivity index (χ2n) is 6.51. The van der Waals surface area contributed by atoms with Gasteiger partial charge in [0.05, 0.1) is 11.5 Å². The van der Waals surface area contributed by atoms with Crippen LogP contribution in [0.1, 0.15) is 18.5 Å². The van der Waals surface area contributed by atoms with Crippen LogP contribution in [0.15, 0.2) is 35.4 Å². The number of amides is 2. The molecular weight excluding hydrogens is 348 g/mol. The fourth-order valence-corrected chi connectivity index (χ4v) is 5.62. The first-order valence-electron chi connectivity index (χ1n) is 7.57. The maximum Gasteiger partial charge on any atom is 0.417 e. The van der Waals surface area contributed by atoms with E-state index in [0.29, 0.717) is 5.56 Å². The largest absolute Gasteiger partial charge is 0.446 e. The van der Waals surface area contributed by atoms with Crippen LogP contribution in [0.3, 0.4) is 0 Å². The Balaban J connectivity index is 1.93. The molecule has 132 valence electrons. The Bertz CT molecular complexity index is 851. The first-order chi connectivity index (χ1) is 11.8. The topological polar surface area (TPSA) is 130 Å². The Morgan fingerprint density at radius 3 is 2.60 bits per heavy atom.